The second-order valence-corrected chi connectivity index (χ2v) is 5.88. The van der Waals surface area contributed by atoms with Crippen molar-refractivity contribution in [2.75, 3.05) is 27.7 Å². The van der Waals surface area contributed by atoms with E-state index in [4.69, 9.17) is 4.74 Å². The van der Waals surface area contributed by atoms with Gasteiger partial charge in [0.05, 0.1) is 12.6 Å². The molecule has 0 aromatic carbocycles. The molecule has 1 heterocycles. The zero-order chi connectivity index (χ0) is 13.0. The molecule has 18 heavy (non-hydrogen) atoms. The molecular formula is C15H28N2O. The van der Waals surface area contributed by atoms with Crippen molar-refractivity contribution < 1.29 is 4.74 Å². The SMILES string of the molecule is CNC(C1=CCCO1)C1(N(C)C)CCCCCC1. The monoisotopic (exact) mass is 252 g/mol. The normalized spacial score (nSPS) is 25.4. The van der Waals surface area contributed by atoms with Crippen LogP contribution in [0.3, 0.4) is 0 Å². The summed E-state index contributed by atoms with van der Waals surface area (Å²) in [4.78, 5) is 2.43. The van der Waals surface area contributed by atoms with Crippen LogP contribution >= 0.6 is 0 Å². The lowest BCUT2D eigenvalue weighted by molar-refractivity contribution is 0.0689. The number of hydrogen-bond donors (Lipinski definition) is 1. The molecule has 1 unspecified atom stereocenters. The van der Waals surface area contributed by atoms with E-state index in [1.165, 1.54) is 44.3 Å². The van der Waals surface area contributed by atoms with Gasteiger partial charge in [-0.1, -0.05) is 25.7 Å². The van der Waals surface area contributed by atoms with Crippen LogP contribution in [0.1, 0.15) is 44.9 Å². The molecule has 1 atom stereocenters. The van der Waals surface area contributed by atoms with Crippen molar-refractivity contribution in [2.45, 2.75) is 56.5 Å². The lowest BCUT2D eigenvalue weighted by atomic mass is 9.80. The minimum absolute atomic E-state index is 0.224. The van der Waals surface area contributed by atoms with Crippen molar-refractivity contribution in [1.29, 1.82) is 0 Å². The van der Waals surface area contributed by atoms with Gasteiger partial charge in [-0.05, 0) is 40.1 Å². The van der Waals surface area contributed by atoms with Gasteiger partial charge in [0.25, 0.3) is 0 Å². The molecule has 1 aliphatic carbocycles. The number of rotatable bonds is 4. The average Bonchev–Trinajstić information content (AvgIpc) is 2.75. The standard InChI is InChI=1S/C15H28N2O/c1-16-14(13-9-8-12-18-13)15(17(2)3)10-6-4-5-7-11-15/h9,14,16H,4-8,10-12H2,1-3H3. The fourth-order valence-corrected chi connectivity index (χ4v) is 3.65. The van der Waals surface area contributed by atoms with E-state index in [2.05, 4.69) is 37.4 Å². The number of likely N-dealkylation sites (N-methyl/N-ethyl adjacent to an activating group) is 2. The highest BCUT2D eigenvalue weighted by Crippen LogP contribution is 2.37. The van der Waals surface area contributed by atoms with Crippen LogP contribution in [0.15, 0.2) is 11.8 Å². The van der Waals surface area contributed by atoms with Gasteiger partial charge < -0.3 is 15.0 Å². The molecule has 1 saturated carbocycles. The molecule has 0 radical (unpaired) electrons. The first-order chi connectivity index (χ1) is 8.70. The first-order valence-corrected chi connectivity index (χ1v) is 7.38. The van der Waals surface area contributed by atoms with Gasteiger partial charge in [0.15, 0.2) is 0 Å². The largest absolute Gasteiger partial charge is 0.496 e. The molecule has 104 valence electrons. The predicted molar refractivity (Wildman–Crippen MR) is 75.6 cm³/mol. The van der Waals surface area contributed by atoms with Crippen LogP contribution in [-0.2, 0) is 4.74 Å². The summed E-state index contributed by atoms with van der Waals surface area (Å²) in [6, 6.07) is 0.341. The minimum Gasteiger partial charge on any atom is -0.496 e. The zero-order valence-corrected chi connectivity index (χ0v) is 12.2. The summed E-state index contributed by atoms with van der Waals surface area (Å²) < 4.78 is 5.85. The van der Waals surface area contributed by atoms with E-state index in [0.717, 1.165) is 13.0 Å². The minimum atomic E-state index is 0.224. The fraction of sp³-hybridized carbons (Fsp3) is 0.867. The van der Waals surface area contributed by atoms with Gasteiger partial charge in [-0.2, -0.15) is 0 Å². The van der Waals surface area contributed by atoms with E-state index in [0.29, 0.717) is 6.04 Å². The Labute approximate surface area is 112 Å². The molecule has 0 amide bonds. The third-order valence-corrected chi connectivity index (χ3v) is 4.70. The lowest BCUT2D eigenvalue weighted by Crippen LogP contribution is -2.59. The Morgan fingerprint density at radius 2 is 1.89 bits per heavy atom. The second kappa shape index (κ2) is 6.07. The van der Waals surface area contributed by atoms with Crippen molar-refractivity contribution in [3.05, 3.63) is 11.8 Å². The Bertz CT molecular complexity index is 291. The van der Waals surface area contributed by atoms with Crippen LogP contribution in [0.2, 0.25) is 0 Å². The molecule has 0 aromatic rings. The van der Waals surface area contributed by atoms with Gasteiger partial charge in [-0.3, -0.25) is 0 Å². The molecule has 1 fully saturated rings. The molecule has 2 rings (SSSR count). The highest BCUT2D eigenvalue weighted by Gasteiger charge is 2.43. The van der Waals surface area contributed by atoms with Gasteiger partial charge in [-0.25, -0.2) is 0 Å². The topological polar surface area (TPSA) is 24.5 Å². The van der Waals surface area contributed by atoms with Crippen LogP contribution in [0.25, 0.3) is 0 Å². The van der Waals surface area contributed by atoms with Gasteiger partial charge in [0, 0.05) is 12.0 Å². The number of ether oxygens (including phenoxy) is 1. The Balaban J connectivity index is 2.25. The summed E-state index contributed by atoms with van der Waals surface area (Å²) in [6.07, 6.45) is 11.3. The van der Waals surface area contributed by atoms with Crippen molar-refractivity contribution in [3.63, 3.8) is 0 Å². The maximum Gasteiger partial charge on any atom is 0.111 e. The Hall–Kier alpha value is -0.540. The maximum absolute atomic E-state index is 5.85. The highest BCUT2D eigenvalue weighted by molar-refractivity contribution is 5.17. The number of nitrogens with zero attached hydrogens (tertiary/aromatic N) is 1. The molecule has 0 spiro atoms. The molecule has 0 bridgehead atoms. The number of nitrogens with one attached hydrogen (secondary N) is 1. The van der Waals surface area contributed by atoms with Gasteiger partial charge in [-0.15, -0.1) is 0 Å². The number of hydrogen-bond acceptors (Lipinski definition) is 3. The third kappa shape index (κ3) is 2.57. The van der Waals surface area contributed by atoms with E-state index in [-0.39, 0.29) is 5.54 Å². The smallest absolute Gasteiger partial charge is 0.111 e. The van der Waals surface area contributed by atoms with E-state index in [9.17, 15) is 0 Å². The van der Waals surface area contributed by atoms with Crippen LogP contribution in [-0.4, -0.2) is 44.2 Å². The van der Waals surface area contributed by atoms with E-state index in [1.807, 2.05) is 0 Å². The van der Waals surface area contributed by atoms with E-state index >= 15 is 0 Å². The van der Waals surface area contributed by atoms with E-state index in [1.54, 1.807) is 0 Å². The van der Waals surface area contributed by atoms with Crippen LogP contribution in [0.4, 0.5) is 0 Å². The summed E-state index contributed by atoms with van der Waals surface area (Å²) >= 11 is 0. The molecule has 1 N–H and O–H groups in total. The van der Waals surface area contributed by atoms with Crippen LogP contribution in [0, 0.1) is 0 Å². The Kier molecular flexibility index (Phi) is 4.68. The zero-order valence-electron chi connectivity index (χ0n) is 12.2. The van der Waals surface area contributed by atoms with Crippen molar-refractivity contribution >= 4 is 0 Å². The van der Waals surface area contributed by atoms with E-state index < -0.39 is 0 Å². The van der Waals surface area contributed by atoms with Crippen molar-refractivity contribution in [2.24, 2.45) is 0 Å². The van der Waals surface area contributed by atoms with Gasteiger partial charge >= 0.3 is 0 Å². The molecule has 0 saturated heterocycles. The first-order valence-electron chi connectivity index (χ1n) is 7.38. The van der Waals surface area contributed by atoms with Crippen molar-refractivity contribution in [3.8, 4) is 0 Å². The van der Waals surface area contributed by atoms with Crippen molar-refractivity contribution in [1.82, 2.24) is 10.2 Å². The Morgan fingerprint density at radius 1 is 1.22 bits per heavy atom. The lowest BCUT2D eigenvalue weighted by Gasteiger charge is -2.45. The summed E-state index contributed by atoms with van der Waals surface area (Å²) in [5, 5.41) is 3.53. The highest BCUT2D eigenvalue weighted by atomic mass is 16.5. The fourth-order valence-electron chi connectivity index (χ4n) is 3.65. The summed E-state index contributed by atoms with van der Waals surface area (Å²) in [6.45, 7) is 0.858. The second-order valence-electron chi connectivity index (χ2n) is 5.88. The van der Waals surface area contributed by atoms with Gasteiger partial charge in [0.2, 0.25) is 0 Å². The molecule has 2 aliphatic rings. The molecular weight excluding hydrogens is 224 g/mol. The molecule has 1 aliphatic heterocycles. The quantitative estimate of drug-likeness (QED) is 0.778. The average molecular weight is 252 g/mol. The molecule has 3 nitrogen and oxygen atoms in total. The Morgan fingerprint density at radius 3 is 2.33 bits per heavy atom. The van der Waals surface area contributed by atoms with Crippen LogP contribution < -0.4 is 5.32 Å². The maximum atomic E-state index is 5.85. The predicted octanol–water partition coefficient (Wildman–Crippen LogP) is 2.53. The molecule has 0 aromatic heterocycles. The first kappa shape index (κ1) is 13.9. The molecule has 3 heteroatoms. The third-order valence-electron chi connectivity index (χ3n) is 4.70. The summed E-state index contributed by atoms with van der Waals surface area (Å²) in [5.41, 5.74) is 0.224. The summed E-state index contributed by atoms with van der Waals surface area (Å²) in [5.74, 6) is 1.17. The summed E-state index contributed by atoms with van der Waals surface area (Å²) in [7, 11) is 6.53. The van der Waals surface area contributed by atoms with Gasteiger partial charge in [0.1, 0.15) is 5.76 Å². The van der Waals surface area contributed by atoms with Crippen LogP contribution in [0.5, 0.6) is 0 Å².